The molecule has 0 aliphatic rings. The minimum atomic E-state index is -0.354. The van der Waals surface area contributed by atoms with E-state index in [1.54, 1.807) is 44.2 Å². The molecule has 0 aliphatic carbocycles. The highest BCUT2D eigenvalue weighted by atomic mass is 16.5. The van der Waals surface area contributed by atoms with Gasteiger partial charge in [0.1, 0.15) is 23.9 Å². The lowest BCUT2D eigenvalue weighted by molar-refractivity contribution is -0.147. The van der Waals surface area contributed by atoms with E-state index in [1.165, 1.54) is 6.07 Å². The molecule has 2 N–H and O–H groups in total. The molecule has 0 unspecified atom stereocenters. The molecule has 0 saturated carbocycles. The third-order valence-electron chi connectivity index (χ3n) is 6.04. The Labute approximate surface area is 238 Å². The van der Waals surface area contributed by atoms with E-state index in [0.29, 0.717) is 47.4 Å². The van der Waals surface area contributed by atoms with Gasteiger partial charge in [0.05, 0.1) is 18.3 Å². The van der Waals surface area contributed by atoms with Crippen molar-refractivity contribution in [2.24, 2.45) is 5.92 Å². The van der Waals surface area contributed by atoms with E-state index < -0.39 is 0 Å². The molecule has 3 aromatic carbocycles. The molecule has 1 aromatic heterocycles. The number of aromatic nitrogens is 4. The molecule has 0 fully saturated rings. The van der Waals surface area contributed by atoms with Crippen LogP contribution in [0.2, 0.25) is 0 Å². The van der Waals surface area contributed by atoms with E-state index in [4.69, 9.17) is 14.2 Å². The third kappa shape index (κ3) is 8.14. The van der Waals surface area contributed by atoms with Gasteiger partial charge in [0, 0.05) is 23.6 Å². The van der Waals surface area contributed by atoms with Crippen LogP contribution in [0.25, 0.3) is 11.4 Å². The first-order valence-corrected chi connectivity index (χ1v) is 13.5. The number of H-pyrrole nitrogens is 1. The Kier molecular flexibility index (Phi) is 9.68. The van der Waals surface area contributed by atoms with Crippen LogP contribution in [0.5, 0.6) is 17.2 Å². The molecule has 10 nitrogen and oxygen atoms in total. The second kappa shape index (κ2) is 13.6. The molecule has 0 atom stereocenters. The zero-order valence-electron chi connectivity index (χ0n) is 23.6. The summed E-state index contributed by atoms with van der Waals surface area (Å²) in [7, 11) is 0. The number of aromatic amines is 1. The van der Waals surface area contributed by atoms with Gasteiger partial charge in [-0.1, -0.05) is 38.1 Å². The summed E-state index contributed by atoms with van der Waals surface area (Å²) in [6.45, 7) is 8.41. The maximum absolute atomic E-state index is 13.4. The minimum absolute atomic E-state index is 0.124. The first kappa shape index (κ1) is 29.3. The van der Waals surface area contributed by atoms with Crippen LogP contribution in [0.1, 0.15) is 61.2 Å². The third-order valence-corrected chi connectivity index (χ3v) is 6.04. The Bertz CT molecular complexity index is 1470. The zero-order chi connectivity index (χ0) is 29.4. The number of nitrogens with zero attached hydrogens (tertiary/aromatic N) is 3. The van der Waals surface area contributed by atoms with Gasteiger partial charge >= 0.3 is 5.97 Å². The van der Waals surface area contributed by atoms with Gasteiger partial charge in [-0.15, -0.1) is 10.2 Å². The van der Waals surface area contributed by atoms with Gasteiger partial charge in [-0.3, -0.25) is 9.59 Å². The molecule has 10 heteroatoms. The number of carbonyl (C=O) groups excluding carboxylic acids is 2. The number of rotatable bonds is 13. The number of nitrogens with one attached hydrogen (secondary N) is 1. The molecule has 4 aromatic rings. The number of ether oxygens (including phenoxy) is 3. The first-order valence-electron chi connectivity index (χ1n) is 13.5. The second-order valence-electron chi connectivity index (χ2n) is 10.3. The average molecular weight is 559 g/mol. The van der Waals surface area contributed by atoms with Crippen molar-refractivity contribution in [1.82, 2.24) is 20.6 Å². The fourth-order valence-corrected chi connectivity index (χ4v) is 4.02. The Morgan fingerprint density at radius 2 is 1.73 bits per heavy atom. The maximum atomic E-state index is 13.4. The molecule has 0 spiro atoms. The highest BCUT2D eigenvalue weighted by molar-refractivity contribution is 6.11. The lowest BCUT2D eigenvalue weighted by Gasteiger charge is -2.15. The van der Waals surface area contributed by atoms with Gasteiger partial charge in [-0.05, 0) is 72.9 Å². The zero-order valence-corrected chi connectivity index (χ0v) is 23.6. The molecule has 0 aliphatic heterocycles. The number of phenolic OH excluding ortho intramolecular Hbond substituents is 1. The van der Waals surface area contributed by atoms with Gasteiger partial charge in [-0.25, -0.2) is 0 Å². The standard InChI is InChI=1S/C31H34N4O6/c1-19(2)17-39-25-11-12-26(27(36)16-25)30(38)24-9-13-28(23(15-24)10-14-29(37)41-20(3)4)40-18-21-5-7-22(8-6-21)31-32-34-35-33-31/h5-9,11-13,15-16,19-20,36H,10,14,17-18H2,1-4H3,(H,32,33,34,35). The summed E-state index contributed by atoms with van der Waals surface area (Å²) in [5.41, 5.74) is 2.92. The fourth-order valence-electron chi connectivity index (χ4n) is 4.02. The van der Waals surface area contributed by atoms with Crippen LogP contribution >= 0.6 is 0 Å². The largest absolute Gasteiger partial charge is 0.507 e. The molecule has 41 heavy (non-hydrogen) atoms. The number of ketones is 1. The number of aromatic hydroxyl groups is 1. The summed E-state index contributed by atoms with van der Waals surface area (Å²) >= 11 is 0. The monoisotopic (exact) mass is 558 g/mol. The molecule has 0 amide bonds. The SMILES string of the molecule is CC(C)COc1ccc(C(=O)c2ccc(OCc3ccc(-c4nn[nH]n4)cc3)c(CCC(=O)OC(C)C)c2)c(O)c1. The van der Waals surface area contributed by atoms with E-state index in [9.17, 15) is 14.7 Å². The Morgan fingerprint density at radius 3 is 2.39 bits per heavy atom. The van der Waals surface area contributed by atoms with Crippen molar-refractivity contribution in [3.63, 3.8) is 0 Å². The fraction of sp³-hybridized carbons (Fsp3) is 0.323. The van der Waals surface area contributed by atoms with E-state index in [2.05, 4.69) is 20.6 Å². The van der Waals surface area contributed by atoms with Gasteiger partial charge in [-0.2, -0.15) is 5.21 Å². The lowest BCUT2D eigenvalue weighted by Crippen LogP contribution is -2.12. The Morgan fingerprint density at radius 1 is 0.951 bits per heavy atom. The van der Waals surface area contributed by atoms with Gasteiger partial charge in [0.15, 0.2) is 5.78 Å². The topological polar surface area (TPSA) is 137 Å². The van der Waals surface area contributed by atoms with Crippen molar-refractivity contribution in [2.75, 3.05) is 6.61 Å². The van der Waals surface area contributed by atoms with Crippen molar-refractivity contribution in [3.8, 4) is 28.6 Å². The number of aryl methyl sites for hydroxylation is 1. The number of hydrogen-bond acceptors (Lipinski definition) is 9. The van der Waals surface area contributed by atoms with Crippen LogP contribution in [0.15, 0.2) is 60.7 Å². The predicted molar refractivity (Wildman–Crippen MR) is 152 cm³/mol. The van der Waals surface area contributed by atoms with E-state index in [-0.39, 0.29) is 42.2 Å². The number of tetrazole rings is 1. The Balaban J connectivity index is 1.52. The summed E-state index contributed by atoms with van der Waals surface area (Å²) in [6.07, 6.45) is 0.211. The van der Waals surface area contributed by atoms with Crippen LogP contribution in [0, 0.1) is 5.92 Å². The highest BCUT2D eigenvalue weighted by Crippen LogP contribution is 2.29. The maximum Gasteiger partial charge on any atom is 0.306 e. The second-order valence-corrected chi connectivity index (χ2v) is 10.3. The van der Waals surface area contributed by atoms with Crippen molar-refractivity contribution >= 4 is 11.8 Å². The van der Waals surface area contributed by atoms with Crippen molar-refractivity contribution in [1.29, 1.82) is 0 Å². The highest BCUT2D eigenvalue weighted by Gasteiger charge is 2.18. The summed E-state index contributed by atoms with van der Waals surface area (Å²) in [5.74, 6) is 1.00. The molecule has 0 radical (unpaired) electrons. The van der Waals surface area contributed by atoms with E-state index in [1.807, 2.05) is 38.1 Å². The quantitative estimate of drug-likeness (QED) is 0.165. The summed E-state index contributed by atoms with van der Waals surface area (Å²) in [5, 5.41) is 24.5. The lowest BCUT2D eigenvalue weighted by atomic mass is 9.98. The van der Waals surface area contributed by atoms with Crippen molar-refractivity contribution < 1.29 is 28.9 Å². The number of carbonyl (C=O) groups is 2. The van der Waals surface area contributed by atoms with Crippen molar-refractivity contribution in [3.05, 3.63) is 82.9 Å². The van der Waals surface area contributed by atoms with Crippen LogP contribution in [0.4, 0.5) is 0 Å². The summed E-state index contributed by atoms with van der Waals surface area (Å²) < 4.78 is 17.0. The van der Waals surface area contributed by atoms with Crippen molar-refractivity contribution in [2.45, 2.75) is 53.2 Å². The normalized spacial score (nSPS) is 11.1. The number of benzene rings is 3. The minimum Gasteiger partial charge on any atom is -0.507 e. The van der Waals surface area contributed by atoms with Crippen LogP contribution in [0.3, 0.4) is 0 Å². The molecule has 4 rings (SSSR count). The van der Waals surface area contributed by atoms with Gasteiger partial charge in [0.25, 0.3) is 0 Å². The number of hydrogen-bond donors (Lipinski definition) is 2. The van der Waals surface area contributed by atoms with Crippen LogP contribution < -0.4 is 9.47 Å². The molecule has 1 heterocycles. The first-order chi connectivity index (χ1) is 19.7. The molecule has 0 saturated heterocycles. The predicted octanol–water partition coefficient (Wildman–Crippen LogP) is 5.30. The molecule has 214 valence electrons. The summed E-state index contributed by atoms with van der Waals surface area (Å²) in [4.78, 5) is 25.6. The van der Waals surface area contributed by atoms with Gasteiger partial charge in [0.2, 0.25) is 5.82 Å². The average Bonchev–Trinajstić information content (AvgIpc) is 3.49. The number of esters is 1. The van der Waals surface area contributed by atoms with Gasteiger partial charge < -0.3 is 19.3 Å². The van der Waals surface area contributed by atoms with E-state index >= 15 is 0 Å². The molecular weight excluding hydrogens is 524 g/mol. The molecular formula is C31H34N4O6. The smallest absolute Gasteiger partial charge is 0.306 e. The van der Waals surface area contributed by atoms with Crippen LogP contribution in [-0.4, -0.2) is 50.2 Å². The van der Waals surface area contributed by atoms with E-state index in [0.717, 1.165) is 11.1 Å². The molecule has 0 bridgehead atoms. The van der Waals surface area contributed by atoms with Crippen LogP contribution in [-0.2, 0) is 22.6 Å². The number of phenols is 1. The Hall–Kier alpha value is -4.73. The summed E-state index contributed by atoms with van der Waals surface area (Å²) in [6, 6.07) is 17.3.